The van der Waals surface area contributed by atoms with Gasteiger partial charge in [-0.1, -0.05) is 13.3 Å². The summed E-state index contributed by atoms with van der Waals surface area (Å²) in [5, 5.41) is 18.4. The molecule has 7 nitrogen and oxygen atoms in total. The third kappa shape index (κ3) is 3.19. The number of aliphatic carboxylic acids is 1. The molecular weight excluding hydrogens is 260 g/mol. The molecule has 2 atom stereocenters. The predicted octanol–water partition coefficient (Wildman–Crippen LogP) is -0.517. The summed E-state index contributed by atoms with van der Waals surface area (Å²) in [5.41, 5.74) is 0. The van der Waals surface area contributed by atoms with Crippen molar-refractivity contribution in [1.82, 2.24) is 8.61 Å². The molecule has 0 bridgehead atoms. The van der Waals surface area contributed by atoms with Crippen LogP contribution in [-0.2, 0) is 15.0 Å². The van der Waals surface area contributed by atoms with Gasteiger partial charge >= 0.3 is 5.97 Å². The van der Waals surface area contributed by atoms with Gasteiger partial charge in [-0.2, -0.15) is 17.0 Å². The predicted molar refractivity (Wildman–Crippen MR) is 65.2 cm³/mol. The topological polar surface area (TPSA) is 98.2 Å². The average Bonchev–Trinajstić information content (AvgIpc) is 2.68. The van der Waals surface area contributed by atoms with Gasteiger partial charge < -0.3 is 10.2 Å². The van der Waals surface area contributed by atoms with Crippen LogP contribution in [0.3, 0.4) is 0 Å². The van der Waals surface area contributed by atoms with Gasteiger partial charge in [0, 0.05) is 26.6 Å². The Morgan fingerprint density at radius 3 is 2.61 bits per heavy atom. The van der Waals surface area contributed by atoms with Gasteiger partial charge in [-0.3, -0.25) is 4.79 Å². The second kappa shape index (κ2) is 5.96. The maximum absolute atomic E-state index is 12.2. The van der Waals surface area contributed by atoms with Crippen LogP contribution < -0.4 is 0 Å². The molecule has 0 aromatic carbocycles. The fraction of sp³-hybridized carbons (Fsp3) is 0.900. The average molecular weight is 280 g/mol. The van der Waals surface area contributed by atoms with E-state index in [1.165, 1.54) is 7.05 Å². The lowest BCUT2D eigenvalue weighted by atomic mass is 10.2. The van der Waals surface area contributed by atoms with Crippen LogP contribution in [-0.4, -0.2) is 65.5 Å². The summed E-state index contributed by atoms with van der Waals surface area (Å²) in [6.45, 7) is 2.13. The lowest BCUT2D eigenvalue weighted by molar-refractivity contribution is -0.140. The molecule has 1 rings (SSSR count). The SMILES string of the molecule is CCCCN(C)S(=O)(=O)N1CC(O)C[C@@H]1C(=O)O. The summed E-state index contributed by atoms with van der Waals surface area (Å²) in [6.07, 6.45) is 0.589. The number of hydrogen-bond acceptors (Lipinski definition) is 4. The fourth-order valence-electron chi connectivity index (χ4n) is 1.94. The normalized spacial score (nSPS) is 25.8. The maximum atomic E-state index is 12.2. The Morgan fingerprint density at radius 2 is 2.11 bits per heavy atom. The number of carboxylic acid groups (broad SMARTS) is 1. The van der Waals surface area contributed by atoms with E-state index in [0.29, 0.717) is 13.0 Å². The van der Waals surface area contributed by atoms with Gasteiger partial charge in [0.2, 0.25) is 0 Å². The van der Waals surface area contributed by atoms with E-state index in [-0.39, 0.29) is 13.0 Å². The fourth-order valence-corrected chi connectivity index (χ4v) is 3.52. The lowest BCUT2D eigenvalue weighted by Gasteiger charge is -2.26. The Hall–Kier alpha value is -0.700. The molecule has 0 aliphatic carbocycles. The largest absolute Gasteiger partial charge is 0.480 e. The first kappa shape index (κ1) is 15.4. The minimum atomic E-state index is -3.81. The zero-order chi connectivity index (χ0) is 13.9. The van der Waals surface area contributed by atoms with Gasteiger partial charge in [0.15, 0.2) is 0 Å². The summed E-state index contributed by atoms with van der Waals surface area (Å²) >= 11 is 0. The number of unbranched alkanes of at least 4 members (excludes halogenated alkanes) is 1. The van der Waals surface area contributed by atoms with E-state index in [1.807, 2.05) is 6.92 Å². The number of aliphatic hydroxyl groups is 1. The van der Waals surface area contributed by atoms with Crippen LogP contribution >= 0.6 is 0 Å². The van der Waals surface area contributed by atoms with E-state index in [4.69, 9.17) is 5.11 Å². The molecule has 0 radical (unpaired) electrons. The van der Waals surface area contributed by atoms with Gasteiger partial charge in [0.05, 0.1) is 6.10 Å². The summed E-state index contributed by atoms with van der Waals surface area (Å²) in [7, 11) is -2.39. The number of hydrogen-bond donors (Lipinski definition) is 2. The van der Waals surface area contributed by atoms with Crippen molar-refractivity contribution in [2.75, 3.05) is 20.1 Å². The zero-order valence-electron chi connectivity index (χ0n) is 10.6. The van der Waals surface area contributed by atoms with Gasteiger partial charge in [0.1, 0.15) is 6.04 Å². The smallest absolute Gasteiger partial charge is 0.322 e. The first-order valence-corrected chi connectivity index (χ1v) is 7.34. The van der Waals surface area contributed by atoms with Crippen molar-refractivity contribution in [1.29, 1.82) is 0 Å². The molecule has 1 aliphatic heterocycles. The summed E-state index contributed by atoms with van der Waals surface area (Å²) in [6, 6.07) is -1.17. The Kier molecular flexibility index (Phi) is 5.09. The first-order valence-electron chi connectivity index (χ1n) is 5.94. The van der Waals surface area contributed by atoms with Crippen LogP contribution in [0, 0.1) is 0 Å². The molecular formula is C10H20N2O5S. The van der Waals surface area contributed by atoms with Crippen molar-refractivity contribution < 1.29 is 23.4 Å². The highest BCUT2D eigenvalue weighted by molar-refractivity contribution is 7.86. The molecule has 1 unspecified atom stereocenters. The number of carboxylic acids is 1. The quantitative estimate of drug-likeness (QED) is 0.682. The molecule has 0 saturated carbocycles. The standard InChI is InChI=1S/C10H20N2O5S/c1-3-4-5-11(2)18(16,17)12-7-8(13)6-9(12)10(14)15/h8-9,13H,3-7H2,1-2H3,(H,14,15)/t8?,9-/m1/s1. The van der Waals surface area contributed by atoms with E-state index in [0.717, 1.165) is 15.0 Å². The zero-order valence-corrected chi connectivity index (χ0v) is 11.4. The molecule has 1 fully saturated rings. The molecule has 106 valence electrons. The van der Waals surface area contributed by atoms with Crippen molar-refractivity contribution in [2.24, 2.45) is 0 Å². The second-order valence-electron chi connectivity index (χ2n) is 4.50. The Morgan fingerprint density at radius 1 is 1.50 bits per heavy atom. The molecule has 0 aromatic heterocycles. The lowest BCUT2D eigenvalue weighted by Crippen LogP contribution is -2.47. The van der Waals surface area contributed by atoms with Gasteiger partial charge in [-0.15, -0.1) is 0 Å². The van der Waals surface area contributed by atoms with E-state index >= 15 is 0 Å². The van der Waals surface area contributed by atoms with Crippen LogP contribution in [0.1, 0.15) is 26.2 Å². The molecule has 0 spiro atoms. The number of rotatable bonds is 6. The second-order valence-corrected chi connectivity index (χ2v) is 6.48. The van der Waals surface area contributed by atoms with Crippen LogP contribution in [0.4, 0.5) is 0 Å². The van der Waals surface area contributed by atoms with Crippen LogP contribution in [0.2, 0.25) is 0 Å². The molecule has 8 heteroatoms. The Bertz CT molecular complexity index is 397. The van der Waals surface area contributed by atoms with Crippen molar-refractivity contribution in [3.63, 3.8) is 0 Å². The number of aliphatic hydroxyl groups excluding tert-OH is 1. The van der Waals surface area contributed by atoms with Gasteiger partial charge in [-0.25, -0.2) is 0 Å². The van der Waals surface area contributed by atoms with E-state index in [1.54, 1.807) is 0 Å². The molecule has 1 saturated heterocycles. The third-order valence-electron chi connectivity index (χ3n) is 3.04. The Labute approximate surface area is 107 Å². The highest BCUT2D eigenvalue weighted by Crippen LogP contribution is 2.23. The van der Waals surface area contributed by atoms with Crippen LogP contribution in [0.25, 0.3) is 0 Å². The highest BCUT2D eigenvalue weighted by atomic mass is 32.2. The van der Waals surface area contributed by atoms with Crippen molar-refractivity contribution in [3.8, 4) is 0 Å². The highest BCUT2D eigenvalue weighted by Gasteiger charge is 2.44. The summed E-state index contributed by atoms with van der Waals surface area (Å²) in [5.74, 6) is -1.22. The van der Waals surface area contributed by atoms with Crippen molar-refractivity contribution >= 4 is 16.2 Å². The number of carbonyl (C=O) groups is 1. The van der Waals surface area contributed by atoms with E-state index in [2.05, 4.69) is 0 Å². The monoisotopic (exact) mass is 280 g/mol. The van der Waals surface area contributed by atoms with Crippen LogP contribution in [0.5, 0.6) is 0 Å². The van der Waals surface area contributed by atoms with E-state index in [9.17, 15) is 18.3 Å². The van der Waals surface area contributed by atoms with Crippen molar-refractivity contribution in [3.05, 3.63) is 0 Å². The Balaban J connectivity index is 2.86. The molecule has 1 heterocycles. The molecule has 1 aliphatic rings. The van der Waals surface area contributed by atoms with Crippen molar-refractivity contribution in [2.45, 2.75) is 38.3 Å². The molecule has 0 amide bonds. The first-order chi connectivity index (χ1) is 8.30. The van der Waals surface area contributed by atoms with Crippen LogP contribution in [0.15, 0.2) is 0 Å². The van der Waals surface area contributed by atoms with E-state index < -0.39 is 28.3 Å². The summed E-state index contributed by atoms with van der Waals surface area (Å²) < 4.78 is 26.4. The minimum Gasteiger partial charge on any atom is -0.480 e. The van der Waals surface area contributed by atoms with Gasteiger partial charge in [0.25, 0.3) is 10.2 Å². The summed E-state index contributed by atoms with van der Waals surface area (Å²) in [4.78, 5) is 11.0. The molecule has 2 N–H and O–H groups in total. The molecule has 0 aromatic rings. The van der Waals surface area contributed by atoms with Gasteiger partial charge in [-0.05, 0) is 6.42 Å². The minimum absolute atomic E-state index is 0.0593. The number of β-amino-alcohol motifs (C(OH)–C–C–N with tert-alkyl or cyclic N) is 1. The maximum Gasteiger partial charge on any atom is 0.322 e. The molecule has 18 heavy (non-hydrogen) atoms. The third-order valence-corrected chi connectivity index (χ3v) is 5.00. The number of nitrogens with zero attached hydrogens (tertiary/aromatic N) is 2.